The number of esters is 1. The van der Waals surface area contributed by atoms with Gasteiger partial charge in [0.1, 0.15) is 17.5 Å². The number of carbonyl (C=O) groups excluding carboxylic acids is 2. The number of fused-ring (bicyclic) bond motifs is 1. The number of hydrogen-bond donors (Lipinski definition) is 1. The molecule has 28 heavy (non-hydrogen) atoms. The smallest absolute Gasteiger partial charge is 0.319 e. The summed E-state index contributed by atoms with van der Waals surface area (Å²) in [4.78, 5) is 25.4. The van der Waals surface area contributed by atoms with Crippen LogP contribution in [0.2, 0.25) is 5.02 Å². The topological polar surface area (TPSA) is 64.6 Å². The van der Waals surface area contributed by atoms with Crippen molar-refractivity contribution in [2.24, 2.45) is 5.92 Å². The fraction of sp³-hybridized carbons (Fsp3) is 0.300. The lowest BCUT2D eigenvalue weighted by Crippen LogP contribution is -2.43. The van der Waals surface area contributed by atoms with Gasteiger partial charge in [-0.05, 0) is 36.8 Å². The Bertz CT molecular complexity index is 891. The van der Waals surface area contributed by atoms with Crippen LogP contribution in [0.1, 0.15) is 22.8 Å². The van der Waals surface area contributed by atoms with Crippen molar-refractivity contribution in [1.82, 2.24) is 0 Å². The highest BCUT2D eigenvalue weighted by molar-refractivity contribution is 7.99. The number of carbonyl (C=O) groups is 2. The predicted molar refractivity (Wildman–Crippen MR) is 108 cm³/mol. The lowest BCUT2D eigenvalue weighted by Gasteiger charge is -2.32. The molecule has 2 aromatic rings. The molecule has 0 radical (unpaired) electrons. The Kier molecular flexibility index (Phi) is 6.46. The summed E-state index contributed by atoms with van der Waals surface area (Å²) in [5.41, 5.74) is 1.51. The number of thioether (sulfide) groups is 1. The molecule has 0 saturated heterocycles. The van der Waals surface area contributed by atoms with Gasteiger partial charge in [0, 0.05) is 17.0 Å². The third-order valence-electron chi connectivity index (χ3n) is 4.34. The van der Waals surface area contributed by atoms with Crippen LogP contribution in [-0.2, 0) is 15.3 Å². The summed E-state index contributed by atoms with van der Waals surface area (Å²) >= 11 is 7.25. The normalized spacial score (nSPS) is 18.2. The molecule has 1 N–H and O–H groups in total. The largest absolute Gasteiger partial charge is 0.497 e. The van der Waals surface area contributed by atoms with E-state index in [0.29, 0.717) is 11.4 Å². The molecular formula is C20H19ClFNO4S. The van der Waals surface area contributed by atoms with E-state index < -0.39 is 28.9 Å². The zero-order chi connectivity index (χ0) is 20.3. The van der Waals surface area contributed by atoms with Crippen molar-refractivity contribution < 1.29 is 23.5 Å². The first-order chi connectivity index (χ1) is 13.4. The monoisotopic (exact) mass is 423 g/mol. The van der Waals surface area contributed by atoms with Crippen LogP contribution in [0.15, 0.2) is 36.4 Å². The Morgan fingerprint density at radius 1 is 1.29 bits per heavy atom. The van der Waals surface area contributed by atoms with Gasteiger partial charge in [-0.25, -0.2) is 4.39 Å². The van der Waals surface area contributed by atoms with Crippen molar-refractivity contribution in [3.8, 4) is 5.75 Å². The van der Waals surface area contributed by atoms with E-state index in [2.05, 4.69) is 5.32 Å². The van der Waals surface area contributed by atoms with Crippen LogP contribution < -0.4 is 10.1 Å². The molecule has 1 aliphatic heterocycles. The lowest BCUT2D eigenvalue weighted by molar-refractivity contribution is -0.146. The zero-order valence-electron chi connectivity index (χ0n) is 15.3. The first-order valence-electron chi connectivity index (χ1n) is 8.65. The standard InChI is InChI=1S/C20H19ClFNO4S/c1-3-27-20(25)17-18(24)13-8-15(22)14(21)9-16(13)23-19(17)28-10-11-4-6-12(26-2)7-5-11/h4-9,17,19,23H,3,10H2,1-2H3. The number of hydrogen-bond acceptors (Lipinski definition) is 6. The Hall–Kier alpha value is -2.25. The first-order valence-corrected chi connectivity index (χ1v) is 10.1. The van der Waals surface area contributed by atoms with Crippen molar-refractivity contribution in [1.29, 1.82) is 0 Å². The van der Waals surface area contributed by atoms with Crippen molar-refractivity contribution in [3.63, 3.8) is 0 Å². The minimum atomic E-state index is -1.07. The third-order valence-corrected chi connectivity index (χ3v) is 5.88. The molecule has 0 saturated carbocycles. The highest BCUT2D eigenvalue weighted by Crippen LogP contribution is 2.37. The molecule has 0 amide bonds. The van der Waals surface area contributed by atoms with Crippen LogP contribution in [0.3, 0.4) is 0 Å². The molecule has 0 fully saturated rings. The molecule has 1 heterocycles. The SMILES string of the molecule is CCOC(=O)C1C(=O)c2cc(F)c(Cl)cc2NC1SCc1ccc(OC)cc1. The second kappa shape index (κ2) is 8.84. The Morgan fingerprint density at radius 2 is 2.00 bits per heavy atom. The van der Waals surface area contributed by atoms with Gasteiger partial charge in [-0.2, -0.15) is 0 Å². The van der Waals surface area contributed by atoms with Crippen molar-refractivity contribution in [3.05, 3.63) is 58.4 Å². The summed E-state index contributed by atoms with van der Waals surface area (Å²) < 4.78 is 24.1. The van der Waals surface area contributed by atoms with E-state index in [4.69, 9.17) is 21.1 Å². The Morgan fingerprint density at radius 3 is 2.64 bits per heavy atom. The van der Waals surface area contributed by atoms with Crippen molar-refractivity contribution in [2.45, 2.75) is 18.1 Å². The Labute approximate surface area is 171 Å². The van der Waals surface area contributed by atoms with E-state index in [9.17, 15) is 14.0 Å². The van der Waals surface area contributed by atoms with Gasteiger partial charge in [0.15, 0.2) is 5.78 Å². The number of ketones is 1. The predicted octanol–water partition coefficient (Wildman–Crippen LogP) is 4.53. The van der Waals surface area contributed by atoms with Gasteiger partial charge in [0.25, 0.3) is 0 Å². The van der Waals surface area contributed by atoms with Crippen molar-refractivity contribution >= 4 is 40.8 Å². The molecular weight excluding hydrogens is 405 g/mol. The van der Waals surface area contributed by atoms with E-state index in [0.717, 1.165) is 17.4 Å². The fourth-order valence-electron chi connectivity index (χ4n) is 2.92. The number of nitrogens with one attached hydrogen (secondary N) is 1. The number of methoxy groups -OCH3 is 1. The fourth-order valence-corrected chi connectivity index (χ4v) is 4.29. The average Bonchev–Trinajstić information content (AvgIpc) is 2.68. The first kappa shape index (κ1) is 20.5. The van der Waals surface area contributed by atoms with Crippen LogP contribution in [0.5, 0.6) is 5.75 Å². The molecule has 2 atom stereocenters. The van der Waals surface area contributed by atoms with E-state index in [1.165, 1.54) is 17.8 Å². The second-order valence-corrected chi connectivity index (χ2v) is 7.67. The zero-order valence-corrected chi connectivity index (χ0v) is 16.9. The average molecular weight is 424 g/mol. The van der Waals surface area contributed by atoms with Gasteiger partial charge in [-0.3, -0.25) is 9.59 Å². The number of anilines is 1. The number of halogens is 2. The highest BCUT2D eigenvalue weighted by Gasteiger charge is 2.42. The van der Waals surface area contributed by atoms with Crippen LogP contribution in [0.4, 0.5) is 10.1 Å². The maximum absolute atomic E-state index is 13.8. The van der Waals surface area contributed by atoms with Crippen LogP contribution in [-0.4, -0.2) is 30.8 Å². The van der Waals surface area contributed by atoms with E-state index in [1.807, 2.05) is 24.3 Å². The van der Waals surface area contributed by atoms with Crippen LogP contribution >= 0.6 is 23.4 Å². The van der Waals surface area contributed by atoms with Gasteiger partial charge >= 0.3 is 5.97 Å². The van der Waals surface area contributed by atoms with Crippen LogP contribution in [0.25, 0.3) is 0 Å². The molecule has 3 rings (SSSR count). The molecule has 0 spiro atoms. The van der Waals surface area contributed by atoms with Gasteiger partial charge in [0.2, 0.25) is 0 Å². The van der Waals surface area contributed by atoms with Gasteiger partial charge in [-0.15, -0.1) is 11.8 Å². The molecule has 1 aliphatic rings. The Balaban J connectivity index is 1.86. The van der Waals surface area contributed by atoms with Gasteiger partial charge < -0.3 is 14.8 Å². The van der Waals surface area contributed by atoms with Gasteiger partial charge in [-0.1, -0.05) is 23.7 Å². The molecule has 148 valence electrons. The number of ether oxygens (including phenoxy) is 2. The summed E-state index contributed by atoms with van der Waals surface area (Å²) in [5.74, 6) is -1.59. The third kappa shape index (κ3) is 4.25. The molecule has 0 aliphatic carbocycles. The van der Waals surface area contributed by atoms with E-state index in [-0.39, 0.29) is 17.2 Å². The molecule has 2 aromatic carbocycles. The van der Waals surface area contributed by atoms with E-state index in [1.54, 1.807) is 14.0 Å². The molecule has 0 aromatic heterocycles. The molecule has 0 bridgehead atoms. The summed E-state index contributed by atoms with van der Waals surface area (Å²) in [6, 6.07) is 9.94. The maximum atomic E-state index is 13.8. The van der Waals surface area contributed by atoms with Crippen molar-refractivity contribution in [2.75, 3.05) is 19.0 Å². The minimum Gasteiger partial charge on any atom is -0.497 e. The summed E-state index contributed by atoms with van der Waals surface area (Å²) in [5, 5.41) is 2.49. The second-order valence-electron chi connectivity index (χ2n) is 6.13. The number of rotatable bonds is 6. The molecule has 8 heteroatoms. The number of Topliss-reactive ketones (excluding diaryl/α,β-unsaturated/α-hetero) is 1. The summed E-state index contributed by atoms with van der Waals surface area (Å²) in [6.07, 6.45) is 0. The lowest BCUT2D eigenvalue weighted by atomic mass is 9.92. The summed E-state index contributed by atoms with van der Waals surface area (Å²) in [7, 11) is 1.59. The minimum absolute atomic E-state index is 0.0902. The van der Waals surface area contributed by atoms with Crippen LogP contribution in [0, 0.1) is 11.7 Å². The molecule has 2 unspecified atom stereocenters. The quantitative estimate of drug-likeness (QED) is 0.543. The number of benzene rings is 2. The highest BCUT2D eigenvalue weighted by atomic mass is 35.5. The summed E-state index contributed by atoms with van der Waals surface area (Å²) in [6.45, 7) is 1.83. The van der Waals surface area contributed by atoms with Gasteiger partial charge in [0.05, 0.1) is 24.1 Å². The van der Waals surface area contributed by atoms with E-state index >= 15 is 0 Å². The molecule has 5 nitrogen and oxygen atoms in total. The maximum Gasteiger partial charge on any atom is 0.319 e.